The van der Waals surface area contributed by atoms with Crippen LogP contribution in [0.5, 0.6) is 0 Å². The predicted octanol–water partition coefficient (Wildman–Crippen LogP) is 2.02. The number of hydrogen-bond acceptors (Lipinski definition) is 3. The van der Waals surface area contributed by atoms with E-state index in [1.54, 1.807) is 0 Å². The van der Waals surface area contributed by atoms with Crippen molar-refractivity contribution in [2.75, 3.05) is 13.2 Å². The maximum absolute atomic E-state index is 12.4. The average Bonchev–Trinajstić information content (AvgIpc) is 2.45. The van der Waals surface area contributed by atoms with Gasteiger partial charge in [-0.25, -0.2) is 4.79 Å². The molecular formula is C15H16F3NO4. The number of amides is 1. The Hall–Kier alpha value is -2.35. The SMILES string of the molecule is C=CCOCC(NC(=O)Cc1ccc(C(F)(F)F)cc1)C(=O)O. The van der Waals surface area contributed by atoms with Gasteiger partial charge in [0.2, 0.25) is 5.91 Å². The molecule has 5 nitrogen and oxygen atoms in total. The summed E-state index contributed by atoms with van der Waals surface area (Å²) in [5, 5.41) is 11.2. The van der Waals surface area contributed by atoms with E-state index in [0.29, 0.717) is 5.56 Å². The van der Waals surface area contributed by atoms with Crippen LogP contribution in [0.3, 0.4) is 0 Å². The molecule has 0 aliphatic heterocycles. The van der Waals surface area contributed by atoms with Crippen LogP contribution < -0.4 is 5.32 Å². The Morgan fingerprint density at radius 3 is 2.39 bits per heavy atom. The van der Waals surface area contributed by atoms with Crippen LogP contribution in [0.1, 0.15) is 11.1 Å². The van der Waals surface area contributed by atoms with E-state index in [1.807, 2.05) is 0 Å². The number of rotatable bonds is 8. The molecule has 0 spiro atoms. The lowest BCUT2D eigenvalue weighted by Gasteiger charge is -2.14. The highest BCUT2D eigenvalue weighted by Crippen LogP contribution is 2.29. The van der Waals surface area contributed by atoms with Crippen LogP contribution in [0.15, 0.2) is 36.9 Å². The lowest BCUT2D eigenvalue weighted by molar-refractivity contribution is -0.143. The monoisotopic (exact) mass is 331 g/mol. The highest BCUT2D eigenvalue weighted by Gasteiger charge is 2.30. The lowest BCUT2D eigenvalue weighted by Crippen LogP contribution is -2.44. The van der Waals surface area contributed by atoms with E-state index >= 15 is 0 Å². The summed E-state index contributed by atoms with van der Waals surface area (Å²) < 4.78 is 42.2. The summed E-state index contributed by atoms with van der Waals surface area (Å²) in [6.07, 6.45) is -3.25. The van der Waals surface area contributed by atoms with E-state index in [2.05, 4.69) is 11.9 Å². The molecule has 0 aromatic heterocycles. The third-order valence-electron chi connectivity index (χ3n) is 2.80. The topological polar surface area (TPSA) is 75.6 Å². The van der Waals surface area contributed by atoms with Crippen LogP contribution in [-0.2, 0) is 26.9 Å². The fraction of sp³-hybridized carbons (Fsp3) is 0.333. The van der Waals surface area contributed by atoms with Crippen LogP contribution in [0.2, 0.25) is 0 Å². The molecule has 2 N–H and O–H groups in total. The number of carboxylic acids is 1. The smallest absolute Gasteiger partial charge is 0.416 e. The van der Waals surface area contributed by atoms with E-state index in [-0.39, 0.29) is 19.6 Å². The summed E-state index contributed by atoms with van der Waals surface area (Å²) >= 11 is 0. The molecule has 23 heavy (non-hydrogen) atoms. The second-order valence-electron chi connectivity index (χ2n) is 4.66. The van der Waals surface area contributed by atoms with Gasteiger partial charge in [0.25, 0.3) is 0 Å². The molecule has 1 aromatic carbocycles. The van der Waals surface area contributed by atoms with Gasteiger partial charge < -0.3 is 15.2 Å². The van der Waals surface area contributed by atoms with E-state index in [4.69, 9.17) is 9.84 Å². The molecule has 1 aromatic rings. The Kier molecular flexibility index (Phi) is 6.77. The molecule has 126 valence electrons. The molecule has 0 aliphatic rings. The second-order valence-corrected chi connectivity index (χ2v) is 4.66. The lowest BCUT2D eigenvalue weighted by atomic mass is 10.1. The van der Waals surface area contributed by atoms with Crippen LogP contribution in [-0.4, -0.2) is 36.2 Å². The number of ether oxygens (including phenoxy) is 1. The van der Waals surface area contributed by atoms with Crippen molar-refractivity contribution in [3.8, 4) is 0 Å². The largest absolute Gasteiger partial charge is 0.480 e. The zero-order valence-corrected chi connectivity index (χ0v) is 12.1. The molecule has 1 rings (SSSR count). The predicted molar refractivity (Wildman–Crippen MR) is 75.7 cm³/mol. The average molecular weight is 331 g/mol. The Morgan fingerprint density at radius 1 is 1.30 bits per heavy atom. The summed E-state index contributed by atoms with van der Waals surface area (Å²) in [6, 6.07) is 2.84. The van der Waals surface area contributed by atoms with Crippen LogP contribution in [0, 0.1) is 0 Å². The number of carbonyl (C=O) groups excluding carboxylic acids is 1. The van der Waals surface area contributed by atoms with Crippen molar-refractivity contribution in [2.24, 2.45) is 0 Å². The van der Waals surface area contributed by atoms with Gasteiger partial charge in [-0.2, -0.15) is 13.2 Å². The van der Waals surface area contributed by atoms with Crippen molar-refractivity contribution in [3.05, 3.63) is 48.0 Å². The van der Waals surface area contributed by atoms with E-state index in [0.717, 1.165) is 12.1 Å². The van der Waals surface area contributed by atoms with Crippen molar-refractivity contribution in [2.45, 2.75) is 18.6 Å². The Balaban J connectivity index is 2.60. The zero-order valence-electron chi connectivity index (χ0n) is 12.1. The van der Waals surface area contributed by atoms with Gasteiger partial charge in [0, 0.05) is 0 Å². The summed E-state index contributed by atoms with van der Waals surface area (Å²) in [5.41, 5.74) is -0.477. The number of carboxylic acid groups (broad SMARTS) is 1. The molecule has 1 unspecified atom stereocenters. The Bertz CT molecular complexity index is 555. The molecule has 0 aliphatic carbocycles. The normalized spacial score (nSPS) is 12.5. The van der Waals surface area contributed by atoms with Crippen molar-refractivity contribution in [1.29, 1.82) is 0 Å². The summed E-state index contributed by atoms with van der Waals surface area (Å²) in [5.74, 6) is -1.89. The number of benzene rings is 1. The number of nitrogens with one attached hydrogen (secondary N) is 1. The zero-order chi connectivity index (χ0) is 17.5. The van der Waals surface area contributed by atoms with E-state index in [9.17, 15) is 22.8 Å². The first-order valence-electron chi connectivity index (χ1n) is 6.61. The number of aliphatic carboxylic acids is 1. The van der Waals surface area contributed by atoms with Crippen LogP contribution in [0.25, 0.3) is 0 Å². The molecule has 0 bridgehead atoms. The quantitative estimate of drug-likeness (QED) is 0.564. The minimum absolute atomic E-state index is 0.137. The van der Waals surface area contributed by atoms with Gasteiger partial charge in [0.15, 0.2) is 6.04 Å². The molecule has 0 radical (unpaired) electrons. The summed E-state index contributed by atoms with van der Waals surface area (Å²) in [6.45, 7) is 3.31. The molecule has 1 amide bonds. The molecule has 0 saturated heterocycles. The van der Waals surface area contributed by atoms with Crippen molar-refractivity contribution >= 4 is 11.9 Å². The van der Waals surface area contributed by atoms with Gasteiger partial charge in [-0.15, -0.1) is 6.58 Å². The summed E-state index contributed by atoms with van der Waals surface area (Å²) in [4.78, 5) is 22.8. The van der Waals surface area contributed by atoms with Gasteiger partial charge in [-0.05, 0) is 17.7 Å². The first-order chi connectivity index (χ1) is 10.7. The van der Waals surface area contributed by atoms with Crippen molar-refractivity contribution in [1.82, 2.24) is 5.32 Å². The minimum atomic E-state index is -4.45. The van der Waals surface area contributed by atoms with Crippen LogP contribution >= 0.6 is 0 Å². The molecule has 0 heterocycles. The molecule has 0 saturated carbocycles. The highest BCUT2D eigenvalue weighted by atomic mass is 19.4. The number of alkyl halides is 3. The first kappa shape index (κ1) is 18.7. The van der Waals surface area contributed by atoms with Gasteiger partial charge in [0.1, 0.15) is 0 Å². The van der Waals surface area contributed by atoms with Gasteiger partial charge in [0.05, 0.1) is 25.2 Å². The Labute approximate surface area is 130 Å². The molecule has 1 atom stereocenters. The maximum atomic E-state index is 12.4. The van der Waals surface area contributed by atoms with Crippen molar-refractivity contribution in [3.63, 3.8) is 0 Å². The van der Waals surface area contributed by atoms with Gasteiger partial charge in [-0.3, -0.25) is 4.79 Å². The fourth-order valence-electron chi connectivity index (χ4n) is 1.69. The highest BCUT2D eigenvalue weighted by molar-refractivity contribution is 5.84. The standard InChI is InChI=1S/C15H16F3NO4/c1-2-7-23-9-12(14(21)22)19-13(20)8-10-3-5-11(6-4-10)15(16,17)18/h2-6,12H,1,7-9H2,(H,19,20)(H,21,22). The number of halogens is 3. The molecule has 8 heteroatoms. The van der Waals surface area contributed by atoms with E-state index < -0.39 is 29.7 Å². The molecular weight excluding hydrogens is 315 g/mol. The Morgan fingerprint density at radius 2 is 1.91 bits per heavy atom. The number of hydrogen-bond donors (Lipinski definition) is 2. The second kappa shape index (κ2) is 8.33. The first-order valence-corrected chi connectivity index (χ1v) is 6.61. The third kappa shape index (κ3) is 6.52. The summed E-state index contributed by atoms with van der Waals surface area (Å²) in [7, 11) is 0. The fourth-order valence-corrected chi connectivity index (χ4v) is 1.69. The number of carbonyl (C=O) groups is 2. The van der Waals surface area contributed by atoms with Gasteiger partial charge >= 0.3 is 12.1 Å². The maximum Gasteiger partial charge on any atom is 0.416 e. The van der Waals surface area contributed by atoms with E-state index in [1.165, 1.54) is 18.2 Å². The minimum Gasteiger partial charge on any atom is -0.480 e. The third-order valence-corrected chi connectivity index (χ3v) is 2.80. The van der Waals surface area contributed by atoms with Crippen LogP contribution in [0.4, 0.5) is 13.2 Å². The van der Waals surface area contributed by atoms with Crippen molar-refractivity contribution < 1.29 is 32.6 Å². The van der Waals surface area contributed by atoms with Gasteiger partial charge in [-0.1, -0.05) is 18.2 Å². The molecule has 0 fully saturated rings.